The van der Waals surface area contributed by atoms with Crippen LogP contribution in [-0.4, -0.2) is 36.9 Å². The van der Waals surface area contributed by atoms with E-state index in [0.717, 1.165) is 43.9 Å². The molecule has 134 valence electrons. The number of piperidine rings is 1. The number of rotatable bonds is 3. The standard InChI is InChI=1S/C22H29NO2/c1-14-9-19-20-10-16-5-6-17(25-2)11-18(16)22(19,12-21(14)24)7-8-23(20)13-15-3-4-15/h5-6,11,14-15,19-20H,3-4,7-10,12-13H2,1-2H3/t14-,19-,20?,22?/m1/s1. The van der Waals surface area contributed by atoms with Crippen LogP contribution < -0.4 is 4.74 Å². The maximum absolute atomic E-state index is 12.7. The zero-order valence-electron chi connectivity index (χ0n) is 15.5. The van der Waals surface area contributed by atoms with Crippen molar-refractivity contribution in [1.29, 1.82) is 0 Å². The van der Waals surface area contributed by atoms with Crippen LogP contribution in [0, 0.1) is 17.8 Å². The van der Waals surface area contributed by atoms with Gasteiger partial charge in [-0.25, -0.2) is 0 Å². The third kappa shape index (κ3) is 2.38. The highest BCUT2D eigenvalue weighted by Crippen LogP contribution is 2.56. The number of Topliss-reactive ketones (excluding diaryl/α,β-unsaturated/α-hetero) is 1. The number of likely N-dealkylation sites (tertiary alicyclic amines) is 1. The van der Waals surface area contributed by atoms with Crippen molar-refractivity contribution in [2.24, 2.45) is 17.8 Å². The summed E-state index contributed by atoms with van der Waals surface area (Å²) in [5.74, 6) is 3.21. The molecular weight excluding hydrogens is 310 g/mol. The number of benzene rings is 1. The predicted molar refractivity (Wildman–Crippen MR) is 98.0 cm³/mol. The highest BCUT2D eigenvalue weighted by Gasteiger charge is 2.57. The first-order valence-electron chi connectivity index (χ1n) is 10.0. The molecule has 5 rings (SSSR count). The van der Waals surface area contributed by atoms with Crippen molar-refractivity contribution in [1.82, 2.24) is 4.90 Å². The number of fused-ring (bicyclic) bond motifs is 1. The monoisotopic (exact) mass is 339 g/mol. The van der Waals surface area contributed by atoms with E-state index >= 15 is 0 Å². The number of nitrogens with zero attached hydrogens (tertiary/aromatic N) is 1. The highest BCUT2D eigenvalue weighted by atomic mass is 16.5. The number of ketones is 1. The van der Waals surface area contributed by atoms with Crippen molar-refractivity contribution in [3.05, 3.63) is 29.3 Å². The van der Waals surface area contributed by atoms with E-state index < -0.39 is 0 Å². The number of ether oxygens (including phenoxy) is 1. The molecule has 0 N–H and O–H groups in total. The third-order valence-electron chi connectivity index (χ3n) is 7.61. The van der Waals surface area contributed by atoms with Gasteiger partial charge in [-0.15, -0.1) is 0 Å². The van der Waals surface area contributed by atoms with Crippen LogP contribution in [0.1, 0.15) is 50.2 Å². The van der Waals surface area contributed by atoms with E-state index in [1.165, 1.54) is 30.5 Å². The molecule has 1 aromatic carbocycles. The Bertz CT molecular complexity index is 710. The van der Waals surface area contributed by atoms with Gasteiger partial charge in [0.05, 0.1) is 7.11 Å². The summed E-state index contributed by atoms with van der Waals surface area (Å²) in [4.78, 5) is 15.5. The Kier molecular flexibility index (Phi) is 3.54. The minimum Gasteiger partial charge on any atom is -0.497 e. The van der Waals surface area contributed by atoms with Crippen molar-refractivity contribution in [3.8, 4) is 5.75 Å². The van der Waals surface area contributed by atoms with Gasteiger partial charge in [0, 0.05) is 30.3 Å². The van der Waals surface area contributed by atoms with Crippen molar-refractivity contribution >= 4 is 5.78 Å². The molecule has 0 radical (unpaired) electrons. The minimum atomic E-state index is 0.0659. The Hall–Kier alpha value is -1.35. The second kappa shape index (κ2) is 5.57. The van der Waals surface area contributed by atoms with Gasteiger partial charge in [0.1, 0.15) is 11.5 Å². The Morgan fingerprint density at radius 1 is 1.32 bits per heavy atom. The van der Waals surface area contributed by atoms with Crippen LogP contribution in [0.3, 0.4) is 0 Å². The van der Waals surface area contributed by atoms with Gasteiger partial charge in [-0.05, 0) is 73.7 Å². The zero-order chi connectivity index (χ0) is 17.2. The third-order valence-corrected chi connectivity index (χ3v) is 7.61. The van der Waals surface area contributed by atoms with E-state index in [-0.39, 0.29) is 11.3 Å². The van der Waals surface area contributed by atoms with E-state index in [9.17, 15) is 4.79 Å². The fourth-order valence-electron chi connectivity index (χ4n) is 6.03. The van der Waals surface area contributed by atoms with E-state index in [1.54, 1.807) is 7.11 Å². The molecule has 2 bridgehead atoms. The van der Waals surface area contributed by atoms with E-state index in [2.05, 4.69) is 30.0 Å². The molecule has 4 aliphatic rings. The van der Waals surface area contributed by atoms with Crippen LogP contribution in [0.2, 0.25) is 0 Å². The molecule has 0 aromatic heterocycles. The van der Waals surface area contributed by atoms with Crippen molar-refractivity contribution in [2.75, 3.05) is 20.2 Å². The van der Waals surface area contributed by atoms with Crippen molar-refractivity contribution in [3.63, 3.8) is 0 Å². The maximum Gasteiger partial charge on any atom is 0.136 e. The SMILES string of the molecule is COc1ccc2c(c1)C13CCN(CC4CC4)C(C2)[C@H]1C[C@@H](C)C(=O)C3. The maximum atomic E-state index is 12.7. The summed E-state index contributed by atoms with van der Waals surface area (Å²) in [5.41, 5.74) is 2.96. The molecule has 1 heterocycles. The molecule has 3 nitrogen and oxygen atoms in total. The normalized spacial score (nSPS) is 37.4. The lowest BCUT2D eigenvalue weighted by molar-refractivity contribution is -0.132. The summed E-state index contributed by atoms with van der Waals surface area (Å²) in [6.45, 7) is 4.60. The summed E-state index contributed by atoms with van der Waals surface area (Å²) in [7, 11) is 1.74. The molecule has 25 heavy (non-hydrogen) atoms. The Balaban J connectivity index is 1.60. The number of hydrogen-bond donors (Lipinski definition) is 0. The molecule has 1 aliphatic heterocycles. The van der Waals surface area contributed by atoms with Gasteiger partial charge in [-0.1, -0.05) is 13.0 Å². The summed E-state index contributed by atoms with van der Waals surface area (Å²) in [5, 5.41) is 0. The fraction of sp³-hybridized carbons (Fsp3) is 0.682. The van der Waals surface area contributed by atoms with Crippen LogP contribution in [0.4, 0.5) is 0 Å². The quantitative estimate of drug-likeness (QED) is 0.843. The number of hydrogen-bond acceptors (Lipinski definition) is 3. The molecule has 3 aliphatic carbocycles. The molecule has 1 aromatic rings. The molecule has 2 saturated carbocycles. The highest BCUT2D eigenvalue weighted by molar-refractivity contribution is 5.83. The largest absolute Gasteiger partial charge is 0.497 e. The van der Waals surface area contributed by atoms with E-state index in [0.29, 0.717) is 17.7 Å². The Labute approximate surface area is 150 Å². The van der Waals surface area contributed by atoms with Gasteiger partial charge in [0.2, 0.25) is 0 Å². The van der Waals surface area contributed by atoms with Crippen LogP contribution in [0.15, 0.2) is 18.2 Å². The number of methoxy groups -OCH3 is 1. The van der Waals surface area contributed by atoms with Gasteiger partial charge in [0.25, 0.3) is 0 Å². The van der Waals surface area contributed by atoms with Crippen LogP contribution in [0.5, 0.6) is 5.75 Å². The van der Waals surface area contributed by atoms with Crippen LogP contribution in [-0.2, 0) is 16.6 Å². The molecule has 2 unspecified atom stereocenters. The molecule has 4 atom stereocenters. The molecule has 0 spiro atoms. The lowest BCUT2D eigenvalue weighted by Crippen LogP contribution is -2.63. The summed E-state index contributed by atoms with van der Waals surface area (Å²) in [6.07, 6.45) is 6.94. The smallest absolute Gasteiger partial charge is 0.136 e. The molecule has 0 amide bonds. The van der Waals surface area contributed by atoms with E-state index in [4.69, 9.17) is 4.74 Å². The minimum absolute atomic E-state index is 0.0659. The Morgan fingerprint density at radius 3 is 2.92 bits per heavy atom. The second-order valence-corrected chi connectivity index (χ2v) is 9.03. The van der Waals surface area contributed by atoms with Crippen LogP contribution in [0.25, 0.3) is 0 Å². The topological polar surface area (TPSA) is 29.5 Å². The first-order chi connectivity index (χ1) is 12.1. The lowest BCUT2D eigenvalue weighted by atomic mass is 9.50. The van der Waals surface area contributed by atoms with Gasteiger partial charge < -0.3 is 4.74 Å². The first-order valence-corrected chi connectivity index (χ1v) is 10.0. The average Bonchev–Trinajstić information content (AvgIpc) is 3.42. The summed E-state index contributed by atoms with van der Waals surface area (Å²) in [6, 6.07) is 7.25. The van der Waals surface area contributed by atoms with Gasteiger partial charge in [-0.2, -0.15) is 0 Å². The predicted octanol–water partition coefficient (Wildman–Crippen LogP) is 3.59. The van der Waals surface area contributed by atoms with Gasteiger partial charge in [-0.3, -0.25) is 9.69 Å². The number of carbonyl (C=O) groups excluding carboxylic acids is 1. The van der Waals surface area contributed by atoms with E-state index in [1.807, 2.05) is 0 Å². The Morgan fingerprint density at radius 2 is 2.16 bits per heavy atom. The molecule has 3 heteroatoms. The average molecular weight is 339 g/mol. The van der Waals surface area contributed by atoms with Gasteiger partial charge >= 0.3 is 0 Å². The summed E-state index contributed by atoms with van der Waals surface area (Å²) < 4.78 is 5.53. The second-order valence-electron chi connectivity index (χ2n) is 9.03. The summed E-state index contributed by atoms with van der Waals surface area (Å²) >= 11 is 0. The number of carbonyl (C=O) groups is 1. The molecular formula is C22H29NO2. The van der Waals surface area contributed by atoms with Gasteiger partial charge in [0.15, 0.2) is 0 Å². The molecule has 3 fully saturated rings. The fourth-order valence-corrected chi connectivity index (χ4v) is 6.03. The van der Waals surface area contributed by atoms with Crippen molar-refractivity contribution < 1.29 is 9.53 Å². The molecule has 1 saturated heterocycles. The first kappa shape index (κ1) is 15.9. The zero-order valence-corrected chi connectivity index (χ0v) is 15.5. The van der Waals surface area contributed by atoms with Crippen LogP contribution >= 0.6 is 0 Å². The lowest BCUT2D eigenvalue weighted by Gasteiger charge is -2.59. The van der Waals surface area contributed by atoms with Crippen molar-refractivity contribution in [2.45, 2.75) is 56.9 Å².